The number of hydrogen-bond donors (Lipinski definition) is 2. The lowest BCUT2D eigenvalue weighted by Gasteiger charge is -2.33. The van der Waals surface area contributed by atoms with E-state index in [0.717, 1.165) is 16.6 Å². The van der Waals surface area contributed by atoms with E-state index in [1.165, 1.54) is 6.07 Å². The smallest absolute Gasteiger partial charge is 0.363 e. The second-order valence-corrected chi connectivity index (χ2v) is 7.89. The highest BCUT2D eigenvalue weighted by Crippen LogP contribution is 2.43. The Labute approximate surface area is 181 Å². The Bertz CT molecular complexity index is 1130. The Kier molecular flexibility index (Phi) is 5.46. The summed E-state index contributed by atoms with van der Waals surface area (Å²) in [5.41, 5.74) is -0.00772. The summed E-state index contributed by atoms with van der Waals surface area (Å²) < 4.78 is 69.5. The maximum absolute atomic E-state index is 13.8. The van der Waals surface area contributed by atoms with Crippen LogP contribution in [0.5, 0.6) is 0 Å². The molecule has 162 valence electrons. The Morgan fingerprint density at radius 2 is 1.84 bits per heavy atom. The molecule has 5 nitrogen and oxygen atoms in total. The SMILES string of the molecule is O=C(Nc1ccc(F)cc1F)c1cc2n(n1)C(C(F)(F)F)CC(c1ccc(Br)cc1)N2. The number of hydrogen-bond acceptors (Lipinski definition) is 3. The van der Waals surface area contributed by atoms with Gasteiger partial charge in [0.1, 0.15) is 17.5 Å². The van der Waals surface area contributed by atoms with Gasteiger partial charge in [0.2, 0.25) is 0 Å². The summed E-state index contributed by atoms with van der Waals surface area (Å²) >= 11 is 3.29. The number of anilines is 2. The first-order valence-corrected chi connectivity index (χ1v) is 9.86. The van der Waals surface area contributed by atoms with E-state index in [9.17, 15) is 26.7 Å². The van der Waals surface area contributed by atoms with Crippen molar-refractivity contribution in [3.05, 3.63) is 75.9 Å². The number of aromatic nitrogens is 2. The van der Waals surface area contributed by atoms with E-state index in [1.54, 1.807) is 24.3 Å². The van der Waals surface area contributed by atoms with Gasteiger partial charge in [-0.25, -0.2) is 13.5 Å². The van der Waals surface area contributed by atoms with Crippen LogP contribution in [0.15, 0.2) is 53.0 Å². The highest BCUT2D eigenvalue weighted by molar-refractivity contribution is 9.10. The summed E-state index contributed by atoms with van der Waals surface area (Å²) in [5, 5.41) is 8.97. The van der Waals surface area contributed by atoms with E-state index < -0.39 is 35.8 Å². The molecule has 11 heteroatoms. The second kappa shape index (κ2) is 7.95. The summed E-state index contributed by atoms with van der Waals surface area (Å²) in [6.07, 6.45) is -4.93. The fraction of sp³-hybridized carbons (Fsp3) is 0.200. The lowest BCUT2D eigenvalue weighted by molar-refractivity contribution is -0.173. The minimum Gasteiger partial charge on any atom is -0.363 e. The molecular formula is C20H14BrF5N4O. The van der Waals surface area contributed by atoms with Crippen LogP contribution in [0.2, 0.25) is 0 Å². The van der Waals surface area contributed by atoms with Crippen LogP contribution < -0.4 is 10.6 Å². The lowest BCUT2D eigenvalue weighted by Crippen LogP contribution is -2.35. The lowest BCUT2D eigenvalue weighted by atomic mass is 9.97. The van der Waals surface area contributed by atoms with Gasteiger partial charge in [-0.05, 0) is 29.8 Å². The maximum Gasteiger partial charge on any atom is 0.410 e. The van der Waals surface area contributed by atoms with Gasteiger partial charge in [0.05, 0.1) is 11.7 Å². The molecule has 4 rings (SSSR count). The Morgan fingerprint density at radius 1 is 1.13 bits per heavy atom. The molecule has 1 aliphatic heterocycles. The van der Waals surface area contributed by atoms with Crippen molar-refractivity contribution in [2.75, 3.05) is 10.6 Å². The van der Waals surface area contributed by atoms with Crippen molar-refractivity contribution in [3.8, 4) is 0 Å². The van der Waals surface area contributed by atoms with Gasteiger partial charge in [-0.1, -0.05) is 28.1 Å². The number of halogens is 6. The van der Waals surface area contributed by atoms with Crippen LogP contribution in [0.25, 0.3) is 0 Å². The van der Waals surface area contributed by atoms with Crippen molar-refractivity contribution in [2.45, 2.75) is 24.7 Å². The summed E-state index contributed by atoms with van der Waals surface area (Å²) in [5.74, 6) is -2.76. The molecule has 1 aliphatic rings. The summed E-state index contributed by atoms with van der Waals surface area (Å²) in [4.78, 5) is 12.5. The van der Waals surface area contributed by atoms with Gasteiger partial charge in [0.25, 0.3) is 5.91 Å². The highest BCUT2D eigenvalue weighted by atomic mass is 79.9. The quantitative estimate of drug-likeness (QED) is 0.444. The number of carbonyl (C=O) groups is 1. The van der Waals surface area contributed by atoms with Gasteiger partial charge in [-0.3, -0.25) is 4.79 Å². The van der Waals surface area contributed by atoms with Crippen molar-refractivity contribution in [2.24, 2.45) is 0 Å². The van der Waals surface area contributed by atoms with Crippen molar-refractivity contribution < 1.29 is 26.7 Å². The van der Waals surface area contributed by atoms with Gasteiger partial charge in [-0.15, -0.1) is 0 Å². The predicted octanol–water partition coefficient (Wildman–Crippen LogP) is 5.84. The molecule has 2 N–H and O–H groups in total. The van der Waals surface area contributed by atoms with Gasteiger partial charge in [-0.2, -0.15) is 18.3 Å². The third kappa shape index (κ3) is 4.41. The minimum absolute atomic E-state index is 0.00576. The van der Waals surface area contributed by atoms with E-state index in [-0.39, 0.29) is 23.6 Å². The minimum atomic E-state index is -4.60. The second-order valence-electron chi connectivity index (χ2n) is 6.98. The third-order valence-corrected chi connectivity index (χ3v) is 5.40. The molecule has 1 aromatic heterocycles. The molecule has 0 spiro atoms. The normalized spacial score (nSPS) is 18.3. The largest absolute Gasteiger partial charge is 0.410 e. The zero-order valence-electron chi connectivity index (χ0n) is 15.6. The fourth-order valence-electron chi connectivity index (χ4n) is 3.38. The first-order chi connectivity index (χ1) is 14.6. The molecular weight excluding hydrogens is 487 g/mol. The van der Waals surface area contributed by atoms with Crippen LogP contribution in [0.3, 0.4) is 0 Å². The van der Waals surface area contributed by atoms with Gasteiger partial charge in [0.15, 0.2) is 11.7 Å². The third-order valence-electron chi connectivity index (χ3n) is 4.87. The van der Waals surface area contributed by atoms with Gasteiger partial charge < -0.3 is 10.6 Å². The average molecular weight is 501 g/mol. The molecule has 0 radical (unpaired) electrons. The van der Waals surface area contributed by atoms with Crippen molar-refractivity contribution in [3.63, 3.8) is 0 Å². The monoisotopic (exact) mass is 500 g/mol. The Balaban J connectivity index is 1.64. The molecule has 2 heterocycles. The molecule has 0 fully saturated rings. The van der Waals surface area contributed by atoms with Crippen LogP contribution in [0.4, 0.5) is 33.5 Å². The molecule has 31 heavy (non-hydrogen) atoms. The van der Waals surface area contributed by atoms with Gasteiger partial charge in [0, 0.05) is 23.0 Å². The summed E-state index contributed by atoms with van der Waals surface area (Å²) in [7, 11) is 0. The van der Waals surface area contributed by atoms with Crippen LogP contribution in [0.1, 0.15) is 34.6 Å². The molecule has 3 aromatic rings. The number of fused-ring (bicyclic) bond motifs is 1. The van der Waals surface area contributed by atoms with Crippen molar-refractivity contribution >= 4 is 33.3 Å². The number of carbonyl (C=O) groups excluding carboxylic acids is 1. The highest BCUT2D eigenvalue weighted by Gasteiger charge is 2.46. The van der Waals surface area contributed by atoms with E-state index in [2.05, 4.69) is 31.7 Å². The zero-order chi connectivity index (χ0) is 22.3. The number of amides is 1. The van der Waals surface area contributed by atoms with E-state index >= 15 is 0 Å². The first-order valence-electron chi connectivity index (χ1n) is 9.06. The molecule has 0 aliphatic carbocycles. The van der Waals surface area contributed by atoms with E-state index in [1.807, 2.05) is 0 Å². The summed E-state index contributed by atoms with van der Waals surface area (Å²) in [6, 6.07) is 7.94. The number of nitrogens with zero attached hydrogens (tertiary/aromatic N) is 2. The van der Waals surface area contributed by atoms with Crippen LogP contribution in [-0.4, -0.2) is 21.9 Å². The maximum atomic E-state index is 13.8. The number of benzene rings is 2. The molecule has 2 unspecified atom stereocenters. The molecule has 2 atom stereocenters. The van der Waals surface area contributed by atoms with Crippen molar-refractivity contribution in [1.82, 2.24) is 9.78 Å². The van der Waals surface area contributed by atoms with E-state index in [0.29, 0.717) is 16.3 Å². The standard InChI is InChI=1S/C20H14BrF5N4O/c21-11-3-1-10(2-4-11)15-8-17(20(24,25)26)30-18(27-15)9-16(29-30)19(31)28-14-6-5-12(22)7-13(14)23/h1-7,9,15,17,27H,8H2,(H,28,31). The zero-order valence-corrected chi connectivity index (χ0v) is 17.1. The molecule has 0 saturated heterocycles. The number of rotatable bonds is 3. The summed E-state index contributed by atoms with van der Waals surface area (Å²) in [6.45, 7) is 0. The van der Waals surface area contributed by atoms with E-state index in [4.69, 9.17) is 0 Å². The van der Waals surface area contributed by atoms with Gasteiger partial charge >= 0.3 is 6.18 Å². The van der Waals surface area contributed by atoms with Crippen LogP contribution >= 0.6 is 15.9 Å². The topological polar surface area (TPSA) is 59.0 Å². The Hall–Kier alpha value is -2.95. The molecule has 0 saturated carbocycles. The molecule has 1 amide bonds. The average Bonchev–Trinajstić information content (AvgIpc) is 3.13. The first kappa shape index (κ1) is 21.3. The van der Waals surface area contributed by atoms with Crippen molar-refractivity contribution in [1.29, 1.82) is 0 Å². The Morgan fingerprint density at radius 3 is 2.48 bits per heavy atom. The van der Waals surface area contributed by atoms with Crippen LogP contribution in [-0.2, 0) is 0 Å². The fourth-order valence-corrected chi connectivity index (χ4v) is 3.64. The molecule has 2 aromatic carbocycles. The predicted molar refractivity (Wildman–Crippen MR) is 107 cm³/mol. The van der Waals surface area contributed by atoms with Crippen LogP contribution in [0, 0.1) is 11.6 Å². The number of nitrogens with one attached hydrogen (secondary N) is 2. The number of alkyl halides is 3. The molecule has 0 bridgehead atoms.